The molecular weight excluding hydrogens is 214 g/mol. The maximum absolute atomic E-state index is 11.4. The van der Waals surface area contributed by atoms with Crippen molar-refractivity contribution in [2.75, 3.05) is 19.6 Å². The minimum atomic E-state index is -0.245. The number of carbonyl (C=O) groups excluding carboxylic acids is 1. The van der Waals surface area contributed by atoms with Crippen LogP contribution in [0.5, 0.6) is 0 Å². The van der Waals surface area contributed by atoms with Crippen LogP contribution >= 0.6 is 0 Å². The van der Waals surface area contributed by atoms with Crippen LogP contribution in [0.15, 0.2) is 0 Å². The van der Waals surface area contributed by atoms with E-state index in [1.807, 2.05) is 13.8 Å². The molecule has 0 aromatic carbocycles. The summed E-state index contributed by atoms with van der Waals surface area (Å²) in [7, 11) is 0. The van der Waals surface area contributed by atoms with Crippen LogP contribution in [0.25, 0.3) is 0 Å². The van der Waals surface area contributed by atoms with Crippen LogP contribution in [0.2, 0.25) is 0 Å². The number of nitrogens with one attached hydrogen (secondary N) is 1. The maximum atomic E-state index is 11.4. The fourth-order valence-corrected chi connectivity index (χ4v) is 2.40. The van der Waals surface area contributed by atoms with Crippen LogP contribution in [-0.2, 0) is 4.79 Å². The summed E-state index contributed by atoms with van der Waals surface area (Å²) in [6.07, 6.45) is 1.22. The number of hydrogen-bond donors (Lipinski definition) is 2. The highest BCUT2D eigenvalue weighted by atomic mass is 16.1. The van der Waals surface area contributed by atoms with Gasteiger partial charge in [-0.25, -0.2) is 0 Å². The zero-order chi connectivity index (χ0) is 13.0. The van der Waals surface area contributed by atoms with E-state index in [1.165, 1.54) is 6.42 Å². The van der Waals surface area contributed by atoms with E-state index in [0.29, 0.717) is 5.92 Å². The topological polar surface area (TPSA) is 58.4 Å². The molecule has 1 aliphatic rings. The number of primary amides is 1. The molecule has 1 aliphatic heterocycles. The lowest BCUT2D eigenvalue weighted by molar-refractivity contribution is -0.120. The molecule has 3 atom stereocenters. The zero-order valence-corrected chi connectivity index (χ0v) is 11.6. The van der Waals surface area contributed by atoms with Gasteiger partial charge in [0.1, 0.15) is 0 Å². The smallest absolute Gasteiger partial charge is 0.235 e. The molecule has 0 aromatic rings. The zero-order valence-electron chi connectivity index (χ0n) is 11.6. The molecule has 4 nitrogen and oxygen atoms in total. The Morgan fingerprint density at radius 1 is 1.41 bits per heavy atom. The molecule has 17 heavy (non-hydrogen) atoms. The van der Waals surface area contributed by atoms with E-state index in [9.17, 15) is 4.79 Å². The highest BCUT2D eigenvalue weighted by Gasteiger charge is 2.26. The van der Waals surface area contributed by atoms with Gasteiger partial charge in [-0.2, -0.15) is 0 Å². The molecule has 4 heteroatoms. The second-order valence-corrected chi connectivity index (χ2v) is 5.78. The van der Waals surface area contributed by atoms with Crippen molar-refractivity contribution < 1.29 is 4.79 Å². The fraction of sp³-hybridized carbons (Fsp3) is 0.923. The number of piperidine rings is 1. The molecule has 0 bridgehead atoms. The van der Waals surface area contributed by atoms with E-state index in [4.69, 9.17) is 5.73 Å². The summed E-state index contributed by atoms with van der Waals surface area (Å²) >= 11 is 0. The minimum Gasteiger partial charge on any atom is -0.368 e. The average Bonchev–Trinajstić information content (AvgIpc) is 2.21. The van der Waals surface area contributed by atoms with Gasteiger partial charge in [-0.1, -0.05) is 27.7 Å². The van der Waals surface area contributed by atoms with Gasteiger partial charge < -0.3 is 16.0 Å². The molecule has 3 N–H and O–H groups in total. The second kappa shape index (κ2) is 6.36. The van der Waals surface area contributed by atoms with E-state index in [1.54, 1.807) is 0 Å². The van der Waals surface area contributed by atoms with Gasteiger partial charge in [-0.15, -0.1) is 0 Å². The van der Waals surface area contributed by atoms with E-state index >= 15 is 0 Å². The number of nitrogens with two attached hydrogens (primary N) is 1. The first-order valence-electron chi connectivity index (χ1n) is 6.67. The summed E-state index contributed by atoms with van der Waals surface area (Å²) in [5, 5.41) is 3.24. The Kier molecular flexibility index (Phi) is 5.40. The standard InChI is InChI=1S/C13H27N3O/c1-9(2)15-12(13(14)17)8-16-6-5-10(3)11(4)7-16/h9-12,15H,5-8H2,1-4H3,(H2,14,17). The van der Waals surface area contributed by atoms with Crippen molar-refractivity contribution in [3.8, 4) is 0 Å². The van der Waals surface area contributed by atoms with Gasteiger partial charge in [0.2, 0.25) is 5.91 Å². The number of likely N-dealkylation sites (tertiary alicyclic amines) is 1. The number of amides is 1. The summed E-state index contributed by atoms with van der Waals surface area (Å²) in [5.41, 5.74) is 5.44. The Labute approximate surface area is 105 Å². The largest absolute Gasteiger partial charge is 0.368 e. The van der Waals surface area contributed by atoms with Crippen LogP contribution in [-0.4, -0.2) is 42.5 Å². The minimum absolute atomic E-state index is 0.226. The third-order valence-corrected chi connectivity index (χ3v) is 3.74. The van der Waals surface area contributed by atoms with Gasteiger partial charge >= 0.3 is 0 Å². The average molecular weight is 241 g/mol. The van der Waals surface area contributed by atoms with Crippen molar-refractivity contribution >= 4 is 5.91 Å². The van der Waals surface area contributed by atoms with E-state index in [-0.39, 0.29) is 18.0 Å². The summed E-state index contributed by atoms with van der Waals surface area (Å²) in [6.45, 7) is 11.6. The van der Waals surface area contributed by atoms with Crippen LogP contribution in [0.4, 0.5) is 0 Å². The van der Waals surface area contributed by atoms with Gasteiger partial charge in [0.05, 0.1) is 6.04 Å². The van der Waals surface area contributed by atoms with Crippen molar-refractivity contribution in [2.24, 2.45) is 17.6 Å². The SMILES string of the molecule is CC(C)NC(CN1CCC(C)C(C)C1)C(N)=O. The van der Waals surface area contributed by atoms with Gasteiger partial charge in [0, 0.05) is 19.1 Å². The molecule has 3 unspecified atom stereocenters. The Morgan fingerprint density at radius 2 is 2.06 bits per heavy atom. The Balaban J connectivity index is 2.47. The second-order valence-electron chi connectivity index (χ2n) is 5.78. The first-order valence-corrected chi connectivity index (χ1v) is 6.67. The van der Waals surface area contributed by atoms with E-state index in [0.717, 1.165) is 25.6 Å². The van der Waals surface area contributed by atoms with Crippen LogP contribution in [0, 0.1) is 11.8 Å². The number of nitrogens with zero attached hydrogens (tertiary/aromatic N) is 1. The first-order chi connectivity index (χ1) is 7.90. The lowest BCUT2D eigenvalue weighted by atomic mass is 9.88. The van der Waals surface area contributed by atoms with Gasteiger partial charge in [0.15, 0.2) is 0 Å². The first kappa shape index (κ1) is 14.5. The third-order valence-electron chi connectivity index (χ3n) is 3.74. The monoisotopic (exact) mass is 241 g/mol. The molecule has 100 valence electrons. The van der Waals surface area contributed by atoms with Crippen molar-refractivity contribution in [3.63, 3.8) is 0 Å². The van der Waals surface area contributed by atoms with Crippen LogP contribution in [0.3, 0.4) is 0 Å². The van der Waals surface area contributed by atoms with Crippen molar-refractivity contribution in [1.29, 1.82) is 0 Å². The highest BCUT2D eigenvalue weighted by Crippen LogP contribution is 2.22. The summed E-state index contributed by atoms with van der Waals surface area (Å²) < 4.78 is 0. The van der Waals surface area contributed by atoms with Gasteiger partial charge in [-0.05, 0) is 24.8 Å². The molecule has 0 aliphatic carbocycles. The number of rotatable bonds is 5. The van der Waals surface area contributed by atoms with E-state index in [2.05, 4.69) is 24.1 Å². The van der Waals surface area contributed by atoms with Gasteiger partial charge in [0.25, 0.3) is 0 Å². The predicted octanol–water partition coefficient (Wildman–Crippen LogP) is 0.816. The Morgan fingerprint density at radius 3 is 2.53 bits per heavy atom. The highest BCUT2D eigenvalue weighted by molar-refractivity contribution is 5.80. The molecular formula is C13H27N3O. The van der Waals surface area contributed by atoms with E-state index < -0.39 is 0 Å². The van der Waals surface area contributed by atoms with Crippen LogP contribution in [0.1, 0.15) is 34.1 Å². The quantitative estimate of drug-likeness (QED) is 0.749. The maximum Gasteiger partial charge on any atom is 0.235 e. The molecule has 1 heterocycles. The fourth-order valence-electron chi connectivity index (χ4n) is 2.40. The molecule has 0 saturated carbocycles. The van der Waals surface area contributed by atoms with Crippen molar-refractivity contribution in [3.05, 3.63) is 0 Å². The molecule has 0 spiro atoms. The number of hydrogen-bond acceptors (Lipinski definition) is 3. The Hall–Kier alpha value is -0.610. The lowest BCUT2D eigenvalue weighted by Crippen LogP contribution is -2.53. The van der Waals surface area contributed by atoms with Crippen molar-refractivity contribution in [1.82, 2.24) is 10.2 Å². The van der Waals surface area contributed by atoms with Crippen LogP contribution < -0.4 is 11.1 Å². The summed E-state index contributed by atoms with van der Waals surface area (Å²) in [4.78, 5) is 13.7. The summed E-state index contributed by atoms with van der Waals surface area (Å²) in [6, 6.07) is 0.0595. The molecule has 0 aromatic heterocycles. The number of carbonyl (C=O) groups is 1. The van der Waals surface area contributed by atoms with Crippen molar-refractivity contribution in [2.45, 2.75) is 46.2 Å². The molecule has 1 saturated heterocycles. The van der Waals surface area contributed by atoms with Gasteiger partial charge in [-0.3, -0.25) is 4.79 Å². The molecule has 1 rings (SSSR count). The summed E-state index contributed by atoms with van der Waals surface area (Å²) in [5.74, 6) is 1.25. The molecule has 1 fully saturated rings. The Bertz CT molecular complexity index is 255. The molecule has 1 amide bonds. The normalized spacial score (nSPS) is 28.3. The predicted molar refractivity (Wildman–Crippen MR) is 70.6 cm³/mol. The molecule has 0 radical (unpaired) electrons. The lowest BCUT2D eigenvalue weighted by Gasteiger charge is -2.37. The third kappa shape index (κ3) is 4.64.